The lowest BCUT2D eigenvalue weighted by molar-refractivity contribution is 0.100. The van der Waals surface area contributed by atoms with Gasteiger partial charge in [0.25, 0.3) is 0 Å². The van der Waals surface area contributed by atoms with Crippen LogP contribution in [0.4, 0.5) is 0 Å². The van der Waals surface area contributed by atoms with Crippen LogP contribution < -0.4 is 10.5 Å². The molecule has 3 aromatic carbocycles. The summed E-state index contributed by atoms with van der Waals surface area (Å²) in [7, 11) is 0. The predicted molar refractivity (Wildman–Crippen MR) is 122 cm³/mol. The summed E-state index contributed by atoms with van der Waals surface area (Å²) in [6, 6.07) is 21.4. The summed E-state index contributed by atoms with van der Waals surface area (Å²) < 4.78 is 6.07. The van der Waals surface area contributed by atoms with Crippen LogP contribution in [0.25, 0.3) is 11.1 Å². The van der Waals surface area contributed by atoms with Gasteiger partial charge in [0, 0.05) is 10.6 Å². The van der Waals surface area contributed by atoms with Crippen molar-refractivity contribution in [2.24, 2.45) is 5.73 Å². The second-order valence-corrected chi connectivity index (χ2v) is 8.16. The first kappa shape index (κ1) is 20.5. The van der Waals surface area contributed by atoms with Gasteiger partial charge >= 0.3 is 0 Å². The monoisotopic (exact) mass is 418 g/mol. The Morgan fingerprint density at radius 1 is 1.00 bits per heavy atom. The molecule has 0 heterocycles. The molecular weight excluding hydrogens is 394 g/mol. The van der Waals surface area contributed by atoms with E-state index in [2.05, 4.69) is 18.6 Å². The molecule has 0 spiro atoms. The SMILES string of the molecule is NC(=O)c1ccc(COc2ccc(C3[CH]CCCC3)cc2)c(-c2ccc(Cl)cc2)c1. The van der Waals surface area contributed by atoms with E-state index in [1.807, 2.05) is 48.5 Å². The number of ether oxygens (including phenoxy) is 1. The van der Waals surface area contributed by atoms with Gasteiger partial charge in [0.1, 0.15) is 12.4 Å². The largest absolute Gasteiger partial charge is 0.489 e. The van der Waals surface area contributed by atoms with E-state index < -0.39 is 5.91 Å². The molecule has 0 aliphatic heterocycles. The van der Waals surface area contributed by atoms with Gasteiger partial charge in [-0.15, -0.1) is 0 Å². The molecule has 1 amide bonds. The molecule has 1 unspecified atom stereocenters. The normalized spacial score (nSPS) is 14.4. The van der Waals surface area contributed by atoms with Gasteiger partial charge in [0.05, 0.1) is 0 Å². The summed E-state index contributed by atoms with van der Waals surface area (Å²) in [4.78, 5) is 11.7. The number of halogens is 1. The van der Waals surface area contributed by atoms with Gasteiger partial charge < -0.3 is 10.5 Å². The second kappa shape index (κ2) is 9.36. The van der Waals surface area contributed by atoms with Crippen molar-refractivity contribution < 1.29 is 9.53 Å². The average molecular weight is 419 g/mol. The van der Waals surface area contributed by atoms with Gasteiger partial charge in [-0.1, -0.05) is 54.8 Å². The van der Waals surface area contributed by atoms with E-state index >= 15 is 0 Å². The van der Waals surface area contributed by atoms with Crippen molar-refractivity contribution >= 4 is 17.5 Å². The predicted octanol–water partition coefficient (Wildman–Crippen LogP) is 6.55. The molecule has 1 aliphatic rings. The van der Waals surface area contributed by atoms with Crippen molar-refractivity contribution in [2.75, 3.05) is 0 Å². The van der Waals surface area contributed by atoms with Crippen molar-refractivity contribution in [2.45, 2.75) is 38.2 Å². The number of benzene rings is 3. The highest BCUT2D eigenvalue weighted by atomic mass is 35.5. The Morgan fingerprint density at radius 2 is 1.77 bits per heavy atom. The average Bonchev–Trinajstić information content (AvgIpc) is 2.79. The fraction of sp³-hybridized carbons (Fsp3) is 0.231. The number of carbonyl (C=O) groups excluding carboxylic acids is 1. The van der Waals surface area contributed by atoms with Gasteiger partial charge in [0.2, 0.25) is 5.91 Å². The minimum atomic E-state index is -0.451. The van der Waals surface area contributed by atoms with Crippen LogP contribution in [-0.2, 0) is 6.61 Å². The first-order valence-electron chi connectivity index (χ1n) is 10.3. The summed E-state index contributed by atoms with van der Waals surface area (Å²) in [6.45, 7) is 0.395. The van der Waals surface area contributed by atoms with Gasteiger partial charge in [-0.2, -0.15) is 0 Å². The van der Waals surface area contributed by atoms with Gasteiger partial charge in [-0.25, -0.2) is 0 Å². The van der Waals surface area contributed by atoms with Crippen molar-refractivity contribution in [1.82, 2.24) is 0 Å². The highest BCUT2D eigenvalue weighted by molar-refractivity contribution is 6.30. The summed E-state index contributed by atoms with van der Waals surface area (Å²) in [5.74, 6) is 0.939. The molecule has 4 rings (SSSR count). The molecule has 1 saturated carbocycles. The van der Waals surface area contributed by atoms with Crippen LogP contribution in [0.1, 0.15) is 53.1 Å². The zero-order valence-corrected chi connectivity index (χ0v) is 17.6. The molecule has 1 atom stereocenters. The van der Waals surface area contributed by atoms with Crippen LogP contribution in [0.15, 0.2) is 66.7 Å². The Kier molecular flexibility index (Phi) is 6.39. The Bertz CT molecular complexity index is 1010. The number of amides is 1. The van der Waals surface area contributed by atoms with Crippen LogP contribution in [-0.4, -0.2) is 5.91 Å². The topological polar surface area (TPSA) is 52.3 Å². The molecule has 1 aliphatic carbocycles. The lowest BCUT2D eigenvalue weighted by Crippen LogP contribution is -2.11. The van der Waals surface area contributed by atoms with E-state index in [0.717, 1.165) is 22.4 Å². The Hall–Kier alpha value is -2.78. The summed E-state index contributed by atoms with van der Waals surface area (Å²) in [6.07, 6.45) is 7.48. The maximum absolute atomic E-state index is 11.7. The molecule has 4 heteroatoms. The molecular formula is C26H25ClNO2. The summed E-state index contributed by atoms with van der Waals surface area (Å²) >= 11 is 6.03. The van der Waals surface area contributed by atoms with Gasteiger partial charge in [-0.05, 0) is 83.8 Å². The third kappa shape index (κ3) is 4.85. The zero-order valence-electron chi connectivity index (χ0n) is 16.8. The first-order chi connectivity index (χ1) is 14.6. The number of carbonyl (C=O) groups is 1. The minimum Gasteiger partial charge on any atom is -0.489 e. The fourth-order valence-electron chi connectivity index (χ4n) is 3.97. The van der Waals surface area contributed by atoms with Crippen molar-refractivity contribution in [3.8, 4) is 16.9 Å². The second-order valence-electron chi connectivity index (χ2n) is 7.73. The number of rotatable bonds is 6. The molecule has 1 fully saturated rings. The minimum absolute atomic E-state index is 0.395. The van der Waals surface area contributed by atoms with Crippen molar-refractivity contribution in [1.29, 1.82) is 0 Å². The van der Waals surface area contributed by atoms with E-state index in [0.29, 0.717) is 23.1 Å². The van der Waals surface area contributed by atoms with Crippen LogP contribution >= 0.6 is 11.6 Å². The smallest absolute Gasteiger partial charge is 0.248 e. The van der Waals surface area contributed by atoms with E-state index in [4.69, 9.17) is 22.1 Å². The molecule has 1 radical (unpaired) electrons. The number of nitrogens with two attached hydrogens (primary N) is 1. The molecule has 0 bridgehead atoms. The van der Waals surface area contributed by atoms with Crippen LogP contribution in [0.2, 0.25) is 5.02 Å². The lowest BCUT2D eigenvalue weighted by atomic mass is 9.84. The maximum Gasteiger partial charge on any atom is 0.248 e. The summed E-state index contributed by atoms with van der Waals surface area (Å²) in [5.41, 5.74) is 10.2. The van der Waals surface area contributed by atoms with E-state index in [9.17, 15) is 4.79 Å². The molecule has 2 N–H and O–H groups in total. The zero-order chi connectivity index (χ0) is 20.9. The van der Waals surface area contributed by atoms with Crippen molar-refractivity contribution in [3.63, 3.8) is 0 Å². The Balaban J connectivity index is 1.52. The molecule has 30 heavy (non-hydrogen) atoms. The molecule has 3 nitrogen and oxygen atoms in total. The number of primary amides is 1. The molecule has 0 aromatic heterocycles. The number of hydrogen-bond donors (Lipinski definition) is 1. The Morgan fingerprint density at radius 3 is 2.43 bits per heavy atom. The van der Waals surface area contributed by atoms with Gasteiger partial charge in [0.15, 0.2) is 0 Å². The van der Waals surface area contributed by atoms with Crippen molar-refractivity contribution in [3.05, 3.63) is 94.9 Å². The van der Waals surface area contributed by atoms with E-state index in [1.54, 1.807) is 6.07 Å². The number of hydrogen-bond acceptors (Lipinski definition) is 2. The highest BCUT2D eigenvalue weighted by Crippen LogP contribution is 2.33. The quantitative estimate of drug-likeness (QED) is 0.493. The summed E-state index contributed by atoms with van der Waals surface area (Å²) in [5, 5.41) is 0.665. The molecule has 153 valence electrons. The standard InChI is InChI=1S/C26H25ClNO2/c27-23-12-8-20(9-13-23)25-16-21(26(28)29)6-7-22(25)17-30-24-14-10-19(11-15-24)18-4-2-1-3-5-18/h4,6-16,18H,1-3,5,17H2,(H2,28,29). The third-order valence-corrected chi connectivity index (χ3v) is 5.92. The molecule has 3 aromatic rings. The Labute approximate surface area is 182 Å². The molecule has 0 saturated heterocycles. The highest BCUT2D eigenvalue weighted by Gasteiger charge is 2.16. The van der Waals surface area contributed by atoms with Crippen LogP contribution in [0.5, 0.6) is 5.75 Å². The first-order valence-corrected chi connectivity index (χ1v) is 10.7. The lowest BCUT2D eigenvalue weighted by Gasteiger charge is -2.21. The fourth-order valence-corrected chi connectivity index (χ4v) is 4.10. The van der Waals surface area contributed by atoms with E-state index in [-0.39, 0.29) is 0 Å². The van der Waals surface area contributed by atoms with Crippen LogP contribution in [0.3, 0.4) is 0 Å². The maximum atomic E-state index is 11.7. The van der Waals surface area contributed by atoms with E-state index in [1.165, 1.54) is 31.2 Å². The third-order valence-electron chi connectivity index (χ3n) is 5.67. The van der Waals surface area contributed by atoms with Gasteiger partial charge in [-0.3, -0.25) is 4.79 Å². The van der Waals surface area contributed by atoms with Crippen LogP contribution in [0, 0.1) is 6.42 Å².